The Labute approximate surface area is 361 Å². The molecule has 1 atom stereocenters. The highest BCUT2D eigenvalue weighted by atomic mass is 32.1. The van der Waals surface area contributed by atoms with Gasteiger partial charge in [0.2, 0.25) is 11.8 Å². The molecule has 0 unspecified atom stereocenters. The summed E-state index contributed by atoms with van der Waals surface area (Å²) in [5.74, 6) is 0.285. The van der Waals surface area contributed by atoms with Gasteiger partial charge in [0, 0.05) is 51.8 Å². The van der Waals surface area contributed by atoms with Crippen LogP contribution in [0.1, 0.15) is 87.0 Å². The standard InChI is InChI=1S/C20H11N3OS2.C9H16N2O3.C9H15NO3.2C3H8.CH4/c1-3-13-14(22-9-21-13)5-11(1)17-7-19-20(25-17)8-18(26-19)12-2-4-16-15(6-12)23-10-24-16;1-7-3-4-11(6-7)8(12)5-10-9(13)14-2;1-13-9(12)5-4-8(11)10-6-2-3-7-10;2*1-3-2;/h1-10H,(H,21,22);7H,3-6H2,1-2H3,(H,10,13);2-7H2,1H3;2*3H2,1-2H3;1H4/t;7-;;;;/m.0..../s1. The summed E-state index contributed by atoms with van der Waals surface area (Å²) in [7, 11) is 2.61. The van der Waals surface area contributed by atoms with Crippen molar-refractivity contribution in [3.05, 3.63) is 61.3 Å². The predicted molar refractivity (Wildman–Crippen MR) is 244 cm³/mol. The molecule has 60 heavy (non-hydrogen) atoms. The number of carbonyl (C=O) groups is 4. The van der Waals surface area contributed by atoms with Crippen molar-refractivity contribution in [3.63, 3.8) is 0 Å². The van der Waals surface area contributed by atoms with Crippen molar-refractivity contribution < 1.29 is 33.1 Å². The Kier molecular flexibility index (Phi) is 20.8. The van der Waals surface area contributed by atoms with E-state index in [1.807, 2.05) is 33.6 Å². The first kappa shape index (κ1) is 49.1. The second kappa shape index (κ2) is 25.4. The zero-order valence-electron chi connectivity index (χ0n) is 35.3. The summed E-state index contributed by atoms with van der Waals surface area (Å²) >= 11 is 3.64. The molecule has 2 aliphatic rings. The quantitative estimate of drug-likeness (QED) is 0.149. The number of imidazole rings is 1. The highest BCUT2D eigenvalue weighted by Gasteiger charge is 2.23. The van der Waals surface area contributed by atoms with Crippen LogP contribution in [-0.4, -0.2) is 95.6 Å². The number of nitrogens with zero attached hydrogens (tertiary/aromatic N) is 4. The van der Waals surface area contributed by atoms with E-state index in [-0.39, 0.29) is 44.6 Å². The van der Waals surface area contributed by atoms with E-state index >= 15 is 0 Å². The average molecular weight is 863 g/mol. The van der Waals surface area contributed by atoms with E-state index in [2.05, 4.69) is 107 Å². The zero-order valence-corrected chi connectivity index (χ0v) is 36.9. The van der Waals surface area contributed by atoms with Crippen LogP contribution in [0.4, 0.5) is 4.79 Å². The number of oxazole rings is 1. The molecule has 6 aromatic rings. The Bertz CT molecular complexity index is 2100. The van der Waals surface area contributed by atoms with Gasteiger partial charge in [0.05, 0.1) is 38.0 Å². The number of likely N-dealkylation sites (tertiary alicyclic amines) is 2. The van der Waals surface area contributed by atoms with E-state index in [9.17, 15) is 19.2 Å². The molecular weight excluding hydrogens is 801 g/mol. The summed E-state index contributed by atoms with van der Waals surface area (Å²) in [6, 6.07) is 17.1. The van der Waals surface area contributed by atoms with Crippen molar-refractivity contribution in [1.29, 1.82) is 0 Å². The fourth-order valence-corrected chi connectivity index (χ4v) is 8.54. The maximum absolute atomic E-state index is 11.5. The van der Waals surface area contributed by atoms with E-state index < -0.39 is 6.09 Å². The van der Waals surface area contributed by atoms with E-state index in [1.165, 1.54) is 63.7 Å². The van der Waals surface area contributed by atoms with Gasteiger partial charge in [0.25, 0.3) is 0 Å². The van der Waals surface area contributed by atoms with Gasteiger partial charge in [-0.05, 0) is 78.8 Å². The van der Waals surface area contributed by atoms with Gasteiger partial charge in [-0.15, -0.1) is 22.7 Å². The van der Waals surface area contributed by atoms with Crippen LogP contribution in [0, 0.1) is 5.92 Å². The molecule has 8 rings (SSSR count). The lowest BCUT2D eigenvalue weighted by Gasteiger charge is -2.15. The Hall–Kier alpha value is -5.28. The number of benzene rings is 2. The van der Waals surface area contributed by atoms with Crippen LogP contribution in [0.15, 0.2) is 65.7 Å². The minimum absolute atomic E-state index is 0. The number of methoxy groups -OCH3 is 2. The SMILES string of the molecule is C.CCC.CCC.COC(=O)CCC(=O)N1CCCC1.COC(=O)NCC(=O)N1CC[C@H](C)C1.c1nc2ccc(-c3cc4sc(-c5ccc6ocnc6c5)cc4s3)cc2[nH]1. The molecule has 0 saturated carbocycles. The van der Waals surface area contributed by atoms with Crippen LogP contribution < -0.4 is 5.32 Å². The molecule has 13 nitrogen and oxygen atoms in total. The van der Waals surface area contributed by atoms with Crippen molar-refractivity contribution in [2.75, 3.05) is 46.9 Å². The van der Waals surface area contributed by atoms with Crippen molar-refractivity contribution in [2.45, 2.75) is 87.0 Å². The van der Waals surface area contributed by atoms with E-state index in [0.29, 0.717) is 5.92 Å². The van der Waals surface area contributed by atoms with Crippen molar-refractivity contribution in [2.24, 2.45) is 5.92 Å². The number of esters is 1. The number of aromatic amines is 1. The lowest BCUT2D eigenvalue weighted by atomic mass is 10.1. The fourth-order valence-electron chi connectivity index (χ4n) is 6.15. The smallest absolute Gasteiger partial charge is 0.407 e. The Morgan fingerprint density at radius 2 is 1.43 bits per heavy atom. The van der Waals surface area contributed by atoms with Crippen molar-refractivity contribution in [3.8, 4) is 20.9 Å². The molecule has 4 aromatic heterocycles. The molecule has 2 saturated heterocycles. The van der Waals surface area contributed by atoms with Crippen LogP contribution in [0.5, 0.6) is 0 Å². The molecule has 0 bridgehead atoms. The number of ether oxygens (including phenoxy) is 2. The molecule has 2 fully saturated rings. The minimum Gasteiger partial charge on any atom is -0.469 e. The lowest BCUT2D eigenvalue weighted by molar-refractivity contribution is -0.143. The summed E-state index contributed by atoms with van der Waals surface area (Å²) in [5, 5.41) is 2.37. The Morgan fingerprint density at radius 3 is 2.03 bits per heavy atom. The first-order valence-corrected chi connectivity index (χ1v) is 21.9. The molecule has 0 aliphatic carbocycles. The van der Waals surface area contributed by atoms with Crippen LogP contribution in [0.3, 0.4) is 0 Å². The first-order chi connectivity index (χ1) is 28.5. The summed E-state index contributed by atoms with van der Waals surface area (Å²) in [4.78, 5) is 62.1. The summed E-state index contributed by atoms with van der Waals surface area (Å²) in [6.45, 7) is 13.9. The van der Waals surface area contributed by atoms with Gasteiger partial charge in [0.15, 0.2) is 12.0 Å². The number of carbonyl (C=O) groups excluding carboxylic acids is 4. The number of thiophene rings is 2. The van der Waals surface area contributed by atoms with Gasteiger partial charge in [-0.3, -0.25) is 14.4 Å². The second-order valence-electron chi connectivity index (χ2n) is 14.3. The van der Waals surface area contributed by atoms with Gasteiger partial charge in [-0.1, -0.05) is 61.0 Å². The van der Waals surface area contributed by atoms with Crippen LogP contribution in [-0.2, 0) is 23.9 Å². The monoisotopic (exact) mass is 862 g/mol. The first-order valence-electron chi connectivity index (χ1n) is 20.3. The molecule has 0 radical (unpaired) electrons. The number of alkyl carbamates (subject to hydrolysis) is 1. The molecule has 6 heterocycles. The van der Waals surface area contributed by atoms with Crippen molar-refractivity contribution >= 4 is 78.1 Å². The van der Waals surface area contributed by atoms with Crippen LogP contribution >= 0.6 is 22.7 Å². The van der Waals surface area contributed by atoms with Gasteiger partial charge < -0.3 is 34.0 Å². The van der Waals surface area contributed by atoms with Gasteiger partial charge >= 0.3 is 12.1 Å². The zero-order chi connectivity index (χ0) is 42.7. The summed E-state index contributed by atoms with van der Waals surface area (Å²) in [5.41, 5.74) is 6.19. The average Bonchev–Trinajstić information content (AvgIpc) is 4.10. The normalized spacial score (nSPS) is 14.0. The molecule has 2 aliphatic heterocycles. The molecular formula is C45H62N6O7S2. The van der Waals surface area contributed by atoms with E-state index in [4.69, 9.17) is 4.42 Å². The molecule has 15 heteroatoms. The van der Waals surface area contributed by atoms with Gasteiger partial charge in [-0.25, -0.2) is 14.8 Å². The van der Waals surface area contributed by atoms with E-state index in [1.54, 1.807) is 11.2 Å². The third-order valence-corrected chi connectivity index (χ3v) is 11.5. The number of hydrogen-bond acceptors (Lipinski definition) is 11. The number of fused-ring (bicyclic) bond motifs is 3. The Balaban J connectivity index is 0.000000242. The number of H-pyrrole nitrogens is 1. The van der Waals surface area contributed by atoms with Crippen molar-refractivity contribution in [1.82, 2.24) is 30.1 Å². The molecule has 2 N–H and O–H groups in total. The third-order valence-electron chi connectivity index (χ3n) is 9.10. The number of hydrogen-bond donors (Lipinski definition) is 2. The predicted octanol–water partition coefficient (Wildman–Crippen LogP) is 10.6. The topological polar surface area (TPSA) is 160 Å². The molecule has 0 spiro atoms. The van der Waals surface area contributed by atoms with Crippen LogP contribution in [0.2, 0.25) is 0 Å². The molecule has 2 aromatic carbocycles. The number of rotatable bonds is 7. The molecule has 3 amide bonds. The maximum Gasteiger partial charge on any atom is 0.407 e. The van der Waals surface area contributed by atoms with Gasteiger partial charge in [-0.2, -0.15) is 0 Å². The minimum atomic E-state index is -0.564. The largest absolute Gasteiger partial charge is 0.469 e. The van der Waals surface area contributed by atoms with Gasteiger partial charge in [0.1, 0.15) is 12.1 Å². The highest BCUT2D eigenvalue weighted by molar-refractivity contribution is 7.31. The molecule has 326 valence electrons. The lowest BCUT2D eigenvalue weighted by Crippen LogP contribution is -2.38. The third kappa shape index (κ3) is 14.5. The van der Waals surface area contributed by atoms with Crippen LogP contribution in [0.25, 0.3) is 52.4 Å². The van der Waals surface area contributed by atoms with E-state index in [0.717, 1.165) is 67.6 Å². The highest BCUT2D eigenvalue weighted by Crippen LogP contribution is 2.42. The number of amides is 3. The Morgan fingerprint density at radius 1 is 0.800 bits per heavy atom. The number of nitrogens with one attached hydrogen (secondary N) is 2. The summed E-state index contributed by atoms with van der Waals surface area (Å²) < 4.78 is 16.8. The fraction of sp³-hybridized carbons (Fsp3) is 0.467. The maximum atomic E-state index is 11.5. The second-order valence-corrected chi connectivity index (χ2v) is 16.4. The number of aromatic nitrogens is 3. The summed E-state index contributed by atoms with van der Waals surface area (Å²) in [6.07, 6.45) is 8.87.